The third-order valence-corrected chi connectivity index (χ3v) is 9.12. The van der Waals surface area contributed by atoms with Gasteiger partial charge in [-0.3, -0.25) is 0 Å². The molecule has 1 aliphatic heterocycles. The van der Waals surface area contributed by atoms with Crippen molar-refractivity contribution in [3.05, 3.63) is 0 Å². The molecule has 0 saturated carbocycles. The number of hydrogen-bond acceptors (Lipinski definition) is 1. The van der Waals surface area contributed by atoms with Crippen LogP contribution in [0.25, 0.3) is 0 Å². The summed E-state index contributed by atoms with van der Waals surface area (Å²) >= 11 is 0. The van der Waals surface area contributed by atoms with Gasteiger partial charge >= 0.3 is 0 Å². The van der Waals surface area contributed by atoms with Crippen LogP contribution in [-0.2, 0) is 4.74 Å². The largest absolute Gasteiger partial charge is 0.378 e. The Morgan fingerprint density at radius 1 is 0.378 bits per heavy atom. The van der Waals surface area contributed by atoms with Crippen LogP contribution in [0.1, 0.15) is 213 Å². The molecule has 0 amide bonds. The summed E-state index contributed by atoms with van der Waals surface area (Å²) in [4.78, 5) is 0. The minimum Gasteiger partial charge on any atom is -0.378 e. The molecule has 1 aliphatic rings. The molecule has 0 N–H and O–H groups in total. The molecule has 1 heteroatoms. The highest BCUT2D eigenvalue weighted by Crippen LogP contribution is 2.30. The van der Waals surface area contributed by atoms with Gasteiger partial charge in [0.25, 0.3) is 0 Å². The lowest BCUT2D eigenvalue weighted by Gasteiger charge is -2.18. The smallest absolute Gasteiger partial charge is 0.0604 e. The first kappa shape index (κ1) is 35.0. The zero-order valence-corrected chi connectivity index (χ0v) is 26.2. The van der Waals surface area contributed by atoms with E-state index >= 15 is 0 Å². The van der Waals surface area contributed by atoms with Crippen molar-refractivity contribution in [1.29, 1.82) is 0 Å². The van der Waals surface area contributed by atoms with Crippen molar-refractivity contribution in [2.45, 2.75) is 219 Å². The summed E-state index contributed by atoms with van der Waals surface area (Å²) in [5.74, 6) is 0.874. The molecule has 0 spiro atoms. The molecule has 1 fully saturated rings. The second-order valence-electron chi connectivity index (χ2n) is 12.7. The third kappa shape index (κ3) is 23.6. The molecule has 2 atom stereocenters. The van der Waals surface area contributed by atoms with E-state index in [2.05, 4.69) is 13.8 Å². The van der Waals surface area contributed by atoms with Crippen molar-refractivity contribution in [2.24, 2.45) is 5.92 Å². The van der Waals surface area contributed by atoms with Gasteiger partial charge in [-0.05, 0) is 25.2 Å². The fourth-order valence-electron chi connectivity index (χ4n) is 6.48. The molecule has 0 bridgehead atoms. The van der Waals surface area contributed by atoms with Crippen molar-refractivity contribution in [3.8, 4) is 0 Å². The van der Waals surface area contributed by atoms with E-state index in [1.807, 2.05) is 0 Å². The Bertz CT molecular complexity index is 381. The molecule has 222 valence electrons. The third-order valence-electron chi connectivity index (χ3n) is 9.12. The van der Waals surface area contributed by atoms with E-state index in [0.29, 0.717) is 6.10 Å². The number of unbranched alkanes of at least 4 members (excludes halogenated alkanes) is 26. The predicted molar refractivity (Wildman–Crippen MR) is 168 cm³/mol. The van der Waals surface area contributed by atoms with E-state index in [1.54, 1.807) is 0 Å². The number of ether oxygens (including phenoxy) is 1. The first-order chi connectivity index (χ1) is 18.4. The standard InChI is InChI=1S/C36H72O/c1-3-5-7-9-11-13-15-17-19-21-23-25-27-29-31-35-33-34-37-36(35)32-30-28-26-24-22-20-18-16-14-12-10-8-6-4-2/h35-36H,3-34H2,1-2H3. The normalized spacial score (nSPS) is 17.7. The van der Waals surface area contributed by atoms with Gasteiger partial charge < -0.3 is 4.74 Å². The number of hydrogen-bond donors (Lipinski definition) is 0. The van der Waals surface area contributed by atoms with Gasteiger partial charge in [-0.1, -0.05) is 194 Å². The monoisotopic (exact) mass is 521 g/mol. The highest BCUT2D eigenvalue weighted by molar-refractivity contribution is 4.76. The van der Waals surface area contributed by atoms with Gasteiger partial charge in [-0.15, -0.1) is 0 Å². The van der Waals surface area contributed by atoms with Crippen molar-refractivity contribution < 1.29 is 4.74 Å². The number of rotatable bonds is 30. The Labute approximate surface area is 236 Å². The van der Waals surface area contributed by atoms with Crippen molar-refractivity contribution in [1.82, 2.24) is 0 Å². The molecular weight excluding hydrogens is 448 g/mol. The predicted octanol–water partition coefficient (Wildman–Crippen LogP) is 13.1. The minimum absolute atomic E-state index is 0.597. The van der Waals surface area contributed by atoms with Crippen LogP contribution in [0.5, 0.6) is 0 Å². The Morgan fingerprint density at radius 2 is 0.676 bits per heavy atom. The Morgan fingerprint density at radius 3 is 1.03 bits per heavy atom. The zero-order chi connectivity index (χ0) is 26.5. The average Bonchev–Trinajstić information content (AvgIpc) is 3.36. The van der Waals surface area contributed by atoms with Crippen LogP contribution in [0.4, 0.5) is 0 Å². The summed E-state index contributed by atoms with van der Waals surface area (Å²) in [6.07, 6.45) is 45.5. The van der Waals surface area contributed by atoms with E-state index in [1.165, 1.54) is 199 Å². The topological polar surface area (TPSA) is 9.23 Å². The first-order valence-corrected chi connectivity index (χ1v) is 18.0. The fraction of sp³-hybridized carbons (Fsp3) is 1.00. The summed E-state index contributed by atoms with van der Waals surface area (Å²) in [6.45, 7) is 5.65. The van der Waals surface area contributed by atoms with Crippen molar-refractivity contribution in [2.75, 3.05) is 6.61 Å². The Hall–Kier alpha value is -0.0400. The van der Waals surface area contributed by atoms with Gasteiger partial charge in [-0.2, -0.15) is 0 Å². The van der Waals surface area contributed by atoms with E-state index in [-0.39, 0.29) is 0 Å². The highest BCUT2D eigenvalue weighted by Gasteiger charge is 2.26. The van der Waals surface area contributed by atoms with E-state index in [0.717, 1.165) is 12.5 Å². The second kappa shape index (κ2) is 29.0. The van der Waals surface area contributed by atoms with Gasteiger partial charge in [0.2, 0.25) is 0 Å². The van der Waals surface area contributed by atoms with Crippen LogP contribution in [-0.4, -0.2) is 12.7 Å². The summed E-state index contributed by atoms with van der Waals surface area (Å²) in [5, 5.41) is 0. The van der Waals surface area contributed by atoms with Gasteiger partial charge in [0, 0.05) is 6.61 Å². The molecule has 1 rings (SSSR count). The zero-order valence-electron chi connectivity index (χ0n) is 26.2. The molecule has 2 unspecified atom stereocenters. The minimum atomic E-state index is 0.597. The second-order valence-corrected chi connectivity index (χ2v) is 12.7. The van der Waals surface area contributed by atoms with Crippen molar-refractivity contribution >= 4 is 0 Å². The van der Waals surface area contributed by atoms with Gasteiger partial charge in [0.15, 0.2) is 0 Å². The van der Waals surface area contributed by atoms with E-state index < -0.39 is 0 Å². The lowest BCUT2D eigenvalue weighted by Crippen LogP contribution is -2.15. The maximum atomic E-state index is 6.15. The summed E-state index contributed by atoms with van der Waals surface area (Å²) in [5.41, 5.74) is 0. The molecule has 0 aromatic carbocycles. The van der Waals surface area contributed by atoms with E-state index in [9.17, 15) is 0 Å². The summed E-state index contributed by atoms with van der Waals surface area (Å²) < 4.78 is 6.15. The molecule has 0 aliphatic carbocycles. The van der Waals surface area contributed by atoms with Crippen LogP contribution in [0.2, 0.25) is 0 Å². The molecule has 0 aromatic rings. The van der Waals surface area contributed by atoms with Crippen LogP contribution >= 0.6 is 0 Å². The van der Waals surface area contributed by atoms with Gasteiger partial charge in [0.05, 0.1) is 6.10 Å². The fourth-order valence-corrected chi connectivity index (χ4v) is 6.48. The van der Waals surface area contributed by atoms with Gasteiger partial charge in [-0.25, -0.2) is 0 Å². The summed E-state index contributed by atoms with van der Waals surface area (Å²) in [6, 6.07) is 0. The average molecular weight is 521 g/mol. The van der Waals surface area contributed by atoms with Crippen molar-refractivity contribution in [3.63, 3.8) is 0 Å². The van der Waals surface area contributed by atoms with Gasteiger partial charge in [0.1, 0.15) is 0 Å². The molecule has 1 heterocycles. The maximum Gasteiger partial charge on any atom is 0.0604 e. The SMILES string of the molecule is CCCCCCCCCCCCCCCCC1CCOC1CCCCCCCCCCCCCCCC. The highest BCUT2D eigenvalue weighted by atomic mass is 16.5. The molecule has 0 aromatic heterocycles. The molecule has 1 nitrogen and oxygen atoms in total. The Kier molecular flexibility index (Phi) is 27.4. The van der Waals surface area contributed by atoms with Crippen LogP contribution in [0.15, 0.2) is 0 Å². The van der Waals surface area contributed by atoms with Crippen LogP contribution in [0.3, 0.4) is 0 Å². The quantitative estimate of drug-likeness (QED) is 0.0855. The first-order valence-electron chi connectivity index (χ1n) is 18.0. The Balaban J connectivity index is 1.81. The van der Waals surface area contributed by atoms with E-state index in [4.69, 9.17) is 4.74 Å². The molecular formula is C36H72O. The lowest BCUT2D eigenvalue weighted by atomic mass is 9.91. The maximum absolute atomic E-state index is 6.15. The van der Waals surface area contributed by atoms with Crippen LogP contribution in [0, 0.1) is 5.92 Å². The van der Waals surface area contributed by atoms with Crippen LogP contribution < -0.4 is 0 Å². The molecule has 0 radical (unpaired) electrons. The molecule has 37 heavy (non-hydrogen) atoms. The molecule has 1 saturated heterocycles. The summed E-state index contributed by atoms with van der Waals surface area (Å²) in [7, 11) is 0. The lowest BCUT2D eigenvalue weighted by molar-refractivity contribution is 0.0785.